The highest BCUT2D eigenvalue weighted by Gasteiger charge is 2.37. The van der Waals surface area contributed by atoms with E-state index in [0.717, 1.165) is 49.4 Å². The molecule has 0 unspecified atom stereocenters. The summed E-state index contributed by atoms with van der Waals surface area (Å²) < 4.78 is 1.82. The average molecular weight is 473 g/mol. The fourth-order valence-corrected chi connectivity index (χ4v) is 5.63. The third kappa shape index (κ3) is 3.73. The molecule has 35 heavy (non-hydrogen) atoms. The molecule has 0 radical (unpaired) electrons. The fraction of sp³-hybridized carbons (Fsp3) is 0.440. The van der Waals surface area contributed by atoms with Crippen molar-refractivity contribution >= 4 is 29.1 Å². The van der Waals surface area contributed by atoms with Crippen LogP contribution in [0, 0.1) is 5.41 Å². The predicted octanol–water partition coefficient (Wildman–Crippen LogP) is 2.22. The van der Waals surface area contributed by atoms with Gasteiger partial charge in [0.2, 0.25) is 5.82 Å². The number of H-pyrrole nitrogens is 1. The fourth-order valence-electron chi connectivity index (χ4n) is 5.63. The monoisotopic (exact) mass is 472 g/mol. The molecule has 1 amide bonds. The van der Waals surface area contributed by atoms with E-state index in [9.17, 15) is 9.59 Å². The minimum Gasteiger partial charge on any atom is -0.356 e. The standard InChI is InChI=1S/C25H28N8O2/c1-25(2)15-32(14-16-12-26-13-18(16)25)23(34)22-28-9-5-20(29-22)31-10-6-17(7-11-31)33-19-4-3-8-27-21(19)30-24(33)35/h3-5,8-9,12,17H,6-7,10-11,13-15H2,1-2H3,(H,27,30,35). The third-order valence-corrected chi connectivity index (χ3v) is 7.41. The maximum atomic E-state index is 13.3. The number of piperidine rings is 1. The molecule has 3 aromatic heterocycles. The molecule has 0 bridgehead atoms. The topological polar surface area (TPSA) is 112 Å². The number of imidazole rings is 1. The number of aliphatic imine (C=N–C) groups is 1. The Morgan fingerprint density at radius 3 is 2.80 bits per heavy atom. The van der Waals surface area contributed by atoms with Gasteiger partial charge in [-0.05, 0) is 42.2 Å². The SMILES string of the molecule is CC1(C)CN(C(=O)c2nccc(N3CCC(n4c(=O)[nH]c5ncccc54)CC3)n2)CC2=C1CN=C2. The van der Waals surface area contributed by atoms with Crippen molar-refractivity contribution in [1.29, 1.82) is 0 Å². The number of fused-ring (bicyclic) bond motifs is 1. The highest BCUT2D eigenvalue weighted by molar-refractivity contribution is 5.93. The number of pyridine rings is 1. The number of carbonyl (C=O) groups excluding carboxylic acids is 1. The zero-order valence-corrected chi connectivity index (χ0v) is 19.9. The van der Waals surface area contributed by atoms with Gasteiger partial charge in [0, 0.05) is 56.2 Å². The molecule has 0 atom stereocenters. The number of nitrogens with one attached hydrogen (secondary N) is 1. The lowest BCUT2D eigenvalue weighted by molar-refractivity contribution is 0.0694. The normalized spacial score (nSPS) is 20.1. The highest BCUT2D eigenvalue weighted by Crippen LogP contribution is 2.36. The number of rotatable bonds is 3. The van der Waals surface area contributed by atoms with Gasteiger partial charge in [-0.25, -0.2) is 19.7 Å². The molecule has 10 nitrogen and oxygen atoms in total. The van der Waals surface area contributed by atoms with Crippen molar-refractivity contribution in [2.75, 3.05) is 37.6 Å². The molecule has 0 aliphatic carbocycles. The van der Waals surface area contributed by atoms with E-state index in [1.54, 1.807) is 12.4 Å². The van der Waals surface area contributed by atoms with Gasteiger partial charge < -0.3 is 9.80 Å². The lowest BCUT2D eigenvalue weighted by atomic mass is 9.79. The summed E-state index contributed by atoms with van der Waals surface area (Å²) in [5.74, 6) is 0.811. The Morgan fingerprint density at radius 1 is 1.14 bits per heavy atom. The Bertz CT molecular complexity index is 1420. The summed E-state index contributed by atoms with van der Waals surface area (Å²) in [6.07, 6.45) is 6.83. The first-order valence-electron chi connectivity index (χ1n) is 12.1. The van der Waals surface area contributed by atoms with Crippen LogP contribution in [0.15, 0.2) is 51.5 Å². The molecular weight excluding hydrogens is 444 g/mol. The second kappa shape index (κ2) is 8.14. The first kappa shape index (κ1) is 21.7. The molecule has 1 N–H and O–H groups in total. The van der Waals surface area contributed by atoms with Gasteiger partial charge in [0.1, 0.15) is 5.82 Å². The number of hydrogen-bond donors (Lipinski definition) is 1. The van der Waals surface area contributed by atoms with Crippen molar-refractivity contribution in [1.82, 2.24) is 29.4 Å². The van der Waals surface area contributed by atoms with Crippen LogP contribution in [0.2, 0.25) is 0 Å². The summed E-state index contributed by atoms with van der Waals surface area (Å²) in [4.78, 5) is 50.4. The van der Waals surface area contributed by atoms with Gasteiger partial charge in [-0.2, -0.15) is 0 Å². The average Bonchev–Trinajstić information content (AvgIpc) is 3.48. The summed E-state index contributed by atoms with van der Waals surface area (Å²) in [7, 11) is 0. The number of nitrogens with zero attached hydrogens (tertiary/aromatic N) is 7. The Morgan fingerprint density at radius 2 is 1.97 bits per heavy atom. The van der Waals surface area contributed by atoms with Crippen LogP contribution in [-0.4, -0.2) is 74.2 Å². The number of anilines is 1. The molecule has 0 spiro atoms. The molecule has 180 valence electrons. The van der Waals surface area contributed by atoms with Crippen LogP contribution >= 0.6 is 0 Å². The zero-order chi connectivity index (χ0) is 24.2. The van der Waals surface area contributed by atoms with Crippen molar-refractivity contribution in [3.05, 3.63) is 58.0 Å². The van der Waals surface area contributed by atoms with Gasteiger partial charge in [0.25, 0.3) is 5.91 Å². The van der Waals surface area contributed by atoms with Crippen LogP contribution in [0.4, 0.5) is 5.82 Å². The third-order valence-electron chi connectivity index (χ3n) is 7.41. The first-order valence-corrected chi connectivity index (χ1v) is 12.1. The van der Waals surface area contributed by atoms with Crippen molar-refractivity contribution in [2.45, 2.75) is 32.7 Å². The summed E-state index contributed by atoms with van der Waals surface area (Å²) in [5, 5.41) is 0. The molecule has 6 rings (SSSR count). The van der Waals surface area contributed by atoms with E-state index in [2.05, 4.69) is 43.7 Å². The maximum absolute atomic E-state index is 13.3. The molecule has 3 aliphatic rings. The van der Waals surface area contributed by atoms with Crippen molar-refractivity contribution in [2.24, 2.45) is 10.4 Å². The second-order valence-electron chi connectivity index (χ2n) is 10.1. The first-order chi connectivity index (χ1) is 16.9. The Kier molecular flexibility index (Phi) is 5.05. The summed E-state index contributed by atoms with van der Waals surface area (Å²) in [5.41, 5.74) is 3.67. The quantitative estimate of drug-likeness (QED) is 0.626. The lowest BCUT2D eigenvalue weighted by Gasteiger charge is -2.39. The van der Waals surface area contributed by atoms with Gasteiger partial charge in [0.15, 0.2) is 5.65 Å². The summed E-state index contributed by atoms with van der Waals surface area (Å²) in [6.45, 7) is 7.69. The highest BCUT2D eigenvalue weighted by atomic mass is 16.2. The van der Waals surface area contributed by atoms with E-state index in [1.807, 2.05) is 33.9 Å². The van der Waals surface area contributed by atoms with Gasteiger partial charge in [-0.15, -0.1) is 0 Å². The van der Waals surface area contributed by atoms with Gasteiger partial charge in [-0.1, -0.05) is 13.8 Å². The molecule has 1 saturated heterocycles. The zero-order valence-electron chi connectivity index (χ0n) is 19.9. The van der Waals surface area contributed by atoms with Crippen LogP contribution in [0.1, 0.15) is 43.3 Å². The number of amides is 1. The Hall–Kier alpha value is -3.82. The number of carbonyl (C=O) groups is 1. The Labute approximate surface area is 202 Å². The molecule has 1 fully saturated rings. The minimum absolute atomic E-state index is 0.0887. The van der Waals surface area contributed by atoms with Gasteiger partial charge >= 0.3 is 5.69 Å². The lowest BCUT2D eigenvalue weighted by Crippen LogP contribution is -2.46. The summed E-state index contributed by atoms with van der Waals surface area (Å²) >= 11 is 0. The number of aromatic amines is 1. The van der Waals surface area contributed by atoms with Crippen LogP contribution < -0.4 is 10.6 Å². The molecule has 0 aromatic carbocycles. The molecule has 0 saturated carbocycles. The van der Waals surface area contributed by atoms with E-state index in [0.29, 0.717) is 18.7 Å². The predicted molar refractivity (Wildman–Crippen MR) is 133 cm³/mol. The second-order valence-corrected chi connectivity index (χ2v) is 10.1. The largest absolute Gasteiger partial charge is 0.356 e. The molecule has 6 heterocycles. The number of hydrogen-bond acceptors (Lipinski definition) is 7. The molecule has 3 aliphatic heterocycles. The van der Waals surface area contributed by atoms with Crippen molar-refractivity contribution in [3.63, 3.8) is 0 Å². The van der Waals surface area contributed by atoms with Crippen LogP contribution in [0.3, 0.4) is 0 Å². The molecule has 3 aromatic rings. The van der Waals surface area contributed by atoms with E-state index >= 15 is 0 Å². The van der Waals surface area contributed by atoms with Crippen LogP contribution in [0.5, 0.6) is 0 Å². The molecule has 10 heteroatoms. The van der Waals surface area contributed by atoms with Crippen LogP contribution in [0.25, 0.3) is 11.2 Å². The number of aromatic nitrogens is 5. The maximum Gasteiger partial charge on any atom is 0.327 e. The van der Waals surface area contributed by atoms with Gasteiger partial charge in [0.05, 0.1) is 12.1 Å². The van der Waals surface area contributed by atoms with Crippen molar-refractivity contribution in [3.8, 4) is 0 Å². The minimum atomic E-state index is -0.153. The molecular formula is C25H28N8O2. The van der Waals surface area contributed by atoms with E-state index in [4.69, 9.17) is 0 Å². The van der Waals surface area contributed by atoms with E-state index < -0.39 is 0 Å². The summed E-state index contributed by atoms with van der Waals surface area (Å²) in [6, 6.07) is 5.71. The van der Waals surface area contributed by atoms with Crippen molar-refractivity contribution < 1.29 is 4.79 Å². The van der Waals surface area contributed by atoms with E-state index in [-0.39, 0.29) is 28.9 Å². The Balaban J connectivity index is 1.18. The van der Waals surface area contributed by atoms with Crippen LogP contribution in [-0.2, 0) is 0 Å². The van der Waals surface area contributed by atoms with Gasteiger partial charge in [-0.3, -0.25) is 19.3 Å². The smallest absolute Gasteiger partial charge is 0.327 e. The van der Waals surface area contributed by atoms with E-state index in [1.165, 1.54) is 5.57 Å².